The van der Waals surface area contributed by atoms with Gasteiger partial charge >= 0.3 is 5.97 Å². The van der Waals surface area contributed by atoms with Crippen molar-refractivity contribution in [1.82, 2.24) is 14.9 Å². The summed E-state index contributed by atoms with van der Waals surface area (Å²) in [5.41, 5.74) is 1.56. The maximum Gasteiger partial charge on any atom is 0.323 e. The molecule has 0 spiro atoms. The molecular formula is C24H28N4O6S. The van der Waals surface area contributed by atoms with Gasteiger partial charge in [0.1, 0.15) is 6.04 Å². The fraction of sp³-hybridized carbons (Fsp3) is 0.333. The van der Waals surface area contributed by atoms with E-state index in [1.165, 1.54) is 24.3 Å². The first-order chi connectivity index (χ1) is 16.6. The normalized spacial score (nSPS) is 16.8. The summed E-state index contributed by atoms with van der Waals surface area (Å²) in [6.45, 7) is 1.88. The Labute approximate surface area is 203 Å². The van der Waals surface area contributed by atoms with E-state index in [9.17, 15) is 27.9 Å². The highest BCUT2D eigenvalue weighted by Crippen LogP contribution is 2.19. The number of rotatable bonds is 9. The quantitative estimate of drug-likeness (QED) is 0.382. The molecule has 10 nitrogen and oxygen atoms in total. The van der Waals surface area contributed by atoms with Crippen LogP contribution >= 0.6 is 0 Å². The van der Waals surface area contributed by atoms with Gasteiger partial charge in [0.05, 0.1) is 10.8 Å². The molecule has 0 bridgehead atoms. The number of nitrogens with zero attached hydrogens (tertiary/aromatic N) is 1. The number of carboxylic acid groups (broad SMARTS) is 1. The minimum Gasteiger partial charge on any atom is -0.480 e. The molecule has 3 rings (SSSR count). The van der Waals surface area contributed by atoms with E-state index in [0.29, 0.717) is 36.2 Å². The summed E-state index contributed by atoms with van der Waals surface area (Å²) in [5, 5.41) is 19.6. The first-order valence-corrected chi connectivity index (χ1v) is 12.6. The average Bonchev–Trinajstić information content (AvgIpc) is 2.86. The number of amides is 2. The van der Waals surface area contributed by atoms with Crippen LogP contribution in [-0.4, -0.2) is 67.6 Å². The number of piperidine rings is 1. The number of sulfonamides is 1. The smallest absolute Gasteiger partial charge is 0.323 e. The Morgan fingerprint density at radius 3 is 2.31 bits per heavy atom. The number of benzene rings is 2. The number of aliphatic carboxylic acids is 1. The molecule has 2 atom stereocenters. The lowest BCUT2D eigenvalue weighted by atomic mass is 9.96. The predicted octanol–water partition coefficient (Wildman–Crippen LogP) is 1.47. The zero-order valence-corrected chi connectivity index (χ0v) is 20.0. The van der Waals surface area contributed by atoms with Crippen molar-refractivity contribution in [3.8, 4) is 0 Å². The van der Waals surface area contributed by atoms with E-state index in [-0.39, 0.29) is 17.3 Å². The minimum absolute atomic E-state index is 0.0807. The maximum absolute atomic E-state index is 12.9. The van der Waals surface area contributed by atoms with Crippen molar-refractivity contribution in [2.24, 2.45) is 5.92 Å². The van der Waals surface area contributed by atoms with E-state index in [1.807, 2.05) is 0 Å². The lowest BCUT2D eigenvalue weighted by Gasteiger charge is -2.32. The zero-order valence-electron chi connectivity index (χ0n) is 19.2. The van der Waals surface area contributed by atoms with Gasteiger partial charge in [0.2, 0.25) is 15.9 Å². The lowest BCUT2D eigenvalue weighted by molar-refractivity contribution is -0.139. The Bertz CT molecular complexity index is 1200. The van der Waals surface area contributed by atoms with Crippen molar-refractivity contribution < 1.29 is 27.9 Å². The first-order valence-electron chi connectivity index (χ1n) is 11.1. The summed E-state index contributed by atoms with van der Waals surface area (Å²) in [6.07, 6.45) is 1.12. The SMILES string of the molecule is CC(=N)c1ccc(C(=O)N2CCCC(C(=O)NCC(NS(=O)(=O)c3ccccc3)C(=O)O)C2)cc1. The number of hydrogen-bond donors (Lipinski definition) is 4. The molecule has 1 heterocycles. The summed E-state index contributed by atoms with van der Waals surface area (Å²) in [4.78, 5) is 38.7. The van der Waals surface area contributed by atoms with E-state index in [0.717, 1.165) is 0 Å². The first kappa shape index (κ1) is 26.0. The average molecular weight is 501 g/mol. The van der Waals surface area contributed by atoms with Crippen molar-refractivity contribution in [3.05, 3.63) is 65.7 Å². The summed E-state index contributed by atoms with van der Waals surface area (Å²) in [7, 11) is -4.08. The van der Waals surface area contributed by atoms with Crippen LogP contribution in [0.2, 0.25) is 0 Å². The molecule has 2 unspecified atom stereocenters. The molecule has 2 amide bonds. The number of nitrogens with one attached hydrogen (secondary N) is 3. The number of carbonyl (C=O) groups is 3. The topological polar surface area (TPSA) is 157 Å². The molecule has 4 N–H and O–H groups in total. The fourth-order valence-corrected chi connectivity index (χ4v) is 5.01. The second-order valence-corrected chi connectivity index (χ2v) is 10.1. The van der Waals surface area contributed by atoms with Crippen molar-refractivity contribution in [2.75, 3.05) is 19.6 Å². The Morgan fingerprint density at radius 1 is 1.09 bits per heavy atom. The van der Waals surface area contributed by atoms with Crippen LogP contribution in [0, 0.1) is 11.3 Å². The van der Waals surface area contributed by atoms with Gasteiger partial charge in [-0.3, -0.25) is 14.4 Å². The summed E-state index contributed by atoms with van der Waals surface area (Å²) >= 11 is 0. The van der Waals surface area contributed by atoms with Crippen LogP contribution in [0.1, 0.15) is 35.7 Å². The maximum atomic E-state index is 12.9. The van der Waals surface area contributed by atoms with Gasteiger partial charge in [0.15, 0.2) is 0 Å². The van der Waals surface area contributed by atoms with E-state index in [1.54, 1.807) is 42.2 Å². The summed E-state index contributed by atoms with van der Waals surface area (Å²) < 4.78 is 27.0. The number of likely N-dealkylation sites (tertiary alicyclic amines) is 1. The predicted molar refractivity (Wildman–Crippen MR) is 129 cm³/mol. The van der Waals surface area contributed by atoms with Crippen LogP contribution in [0.4, 0.5) is 0 Å². The monoisotopic (exact) mass is 500 g/mol. The molecule has 2 aromatic rings. The molecule has 1 saturated heterocycles. The van der Waals surface area contributed by atoms with Gasteiger partial charge in [0, 0.05) is 30.9 Å². The highest BCUT2D eigenvalue weighted by molar-refractivity contribution is 7.89. The molecule has 1 fully saturated rings. The third kappa shape index (κ3) is 6.74. The van der Waals surface area contributed by atoms with Crippen LogP contribution in [0.25, 0.3) is 0 Å². The molecule has 2 aromatic carbocycles. The third-order valence-electron chi connectivity index (χ3n) is 5.77. The molecule has 35 heavy (non-hydrogen) atoms. The van der Waals surface area contributed by atoms with Crippen LogP contribution < -0.4 is 10.0 Å². The standard InChI is InChI=1S/C24H28N4O6S/c1-16(25)17-9-11-18(12-10-17)23(30)28-13-5-6-19(15-28)22(29)26-14-21(24(31)32)27-35(33,34)20-7-3-2-4-8-20/h2-4,7-12,19,21,25,27H,5-6,13-15H2,1H3,(H,26,29)(H,31,32). The van der Waals surface area contributed by atoms with E-state index < -0.39 is 40.4 Å². The van der Waals surface area contributed by atoms with Crippen LogP contribution in [-0.2, 0) is 19.6 Å². The van der Waals surface area contributed by atoms with Crippen molar-refractivity contribution >= 4 is 33.5 Å². The van der Waals surface area contributed by atoms with Gasteiger partial charge in [-0.1, -0.05) is 30.3 Å². The molecule has 0 aromatic heterocycles. The third-order valence-corrected chi connectivity index (χ3v) is 7.26. The fourth-order valence-electron chi connectivity index (χ4n) is 3.80. The van der Waals surface area contributed by atoms with E-state index in [2.05, 4.69) is 10.0 Å². The second kappa shape index (κ2) is 11.2. The molecule has 186 valence electrons. The summed E-state index contributed by atoms with van der Waals surface area (Å²) in [6, 6.07) is 12.5. The Hall–Kier alpha value is -3.57. The van der Waals surface area contributed by atoms with Crippen LogP contribution in [0.3, 0.4) is 0 Å². The second-order valence-electron chi connectivity index (χ2n) is 8.36. The molecule has 11 heteroatoms. The number of carbonyl (C=O) groups excluding carboxylic acids is 2. The van der Waals surface area contributed by atoms with Gasteiger partial charge in [-0.15, -0.1) is 0 Å². The van der Waals surface area contributed by atoms with Gasteiger partial charge in [-0.05, 0) is 49.6 Å². The van der Waals surface area contributed by atoms with Crippen molar-refractivity contribution in [3.63, 3.8) is 0 Å². The van der Waals surface area contributed by atoms with Crippen LogP contribution in [0.5, 0.6) is 0 Å². The van der Waals surface area contributed by atoms with Crippen molar-refractivity contribution in [1.29, 1.82) is 5.41 Å². The summed E-state index contributed by atoms with van der Waals surface area (Å²) in [5.74, 6) is -2.64. The minimum atomic E-state index is -4.08. The van der Waals surface area contributed by atoms with E-state index >= 15 is 0 Å². The lowest BCUT2D eigenvalue weighted by Crippen LogP contribution is -2.51. The van der Waals surface area contributed by atoms with Gasteiger partial charge in [0.25, 0.3) is 5.91 Å². The zero-order chi connectivity index (χ0) is 25.6. The Balaban J connectivity index is 1.59. The molecule has 0 saturated carbocycles. The highest BCUT2D eigenvalue weighted by Gasteiger charge is 2.31. The molecular weight excluding hydrogens is 472 g/mol. The van der Waals surface area contributed by atoms with Gasteiger partial charge in [-0.25, -0.2) is 8.42 Å². The molecule has 1 aliphatic rings. The van der Waals surface area contributed by atoms with Crippen molar-refractivity contribution in [2.45, 2.75) is 30.7 Å². The largest absolute Gasteiger partial charge is 0.480 e. The Kier molecular flexibility index (Phi) is 8.36. The van der Waals surface area contributed by atoms with Gasteiger partial charge < -0.3 is 20.7 Å². The number of carboxylic acids is 1. The Morgan fingerprint density at radius 2 is 1.71 bits per heavy atom. The molecule has 1 aliphatic heterocycles. The van der Waals surface area contributed by atoms with E-state index in [4.69, 9.17) is 5.41 Å². The van der Waals surface area contributed by atoms with Gasteiger partial charge in [-0.2, -0.15) is 4.72 Å². The highest BCUT2D eigenvalue weighted by atomic mass is 32.2. The number of hydrogen-bond acceptors (Lipinski definition) is 6. The molecule has 0 radical (unpaired) electrons. The molecule has 0 aliphatic carbocycles. The van der Waals surface area contributed by atoms with Crippen LogP contribution in [0.15, 0.2) is 59.5 Å².